The highest BCUT2D eigenvalue weighted by Crippen LogP contribution is 2.34. The molecule has 0 aliphatic carbocycles. The van der Waals surface area contributed by atoms with E-state index in [9.17, 15) is 9.59 Å². The summed E-state index contributed by atoms with van der Waals surface area (Å²) in [6.07, 6.45) is 0.193. The SMILES string of the molecule is COc1ccc(C)cc1N1CC(C(=O)Nc2ccc(CN3CCOCC3)cc2)CC1=O. The molecule has 0 bridgehead atoms. The molecule has 0 aromatic heterocycles. The van der Waals surface area contributed by atoms with Gasteiger partial charge in [0.25, 0.3) is 0 Å². The lowest BCUT2D eigenvalue weighted by Gasteiger charge is -2.26. The number of ether oxygens (including phenoxy) is 2. The molecule has 1 atom stereocenters. The van der Waals surface area contributed by atoms with Gasteiger partial charge in [0.15, 0.2) is 0 Å². The maximum absolute atomic E-state index is 12.8. The maximum atomic E-state index is 12.8. The fraction of sp³-hybridized carbons (Fsp3) is 0.417. The Hall–Kier alpha value is -2.90. The van der Waals surface area contributed by atoms with Crippen LogP contribution in [-0.2, 0) is 20.9 Å². The number of methoxy groups -OCH3 is 1. The largest absolute Gasteiger partial charge is 0.495 e. The lowest BCUT2D eigenvalue weighted by molar-refractivity contribution is -0.122. The van der Waals surface area contributed by atoms with Crippen molar-refractivity contribution in [3.8, 4) is 5.75 Å². The number of hydrogen-bond donors (Lipinski definition) is 1. The third-order valence-electron chi connectivity index (χ3n) is 5.85. The molecule has 0 radical (unpaired) electrons. The Morgan fingerprint density at radius 1 is 1.16 bits per heavy atom. The number of aryl methyl sites for hydroxylation is 1. The molecular formula is C24H29N3O4. The van der Waals surface area contributed by atoms with Gasteiger partial charge in [-0.15, -0.1) is 0 Å². The van der Waals surface area contributed by atoms with Gasteiger partial charge in [0.1, 0.15) is 5.75 Å². The normalized spacial score (nSPS) is 19.5. The Bertz CT molecular complexity index is 938. The van der Waals surface area contributed by atoms with Crippen LogP contribution >= 0.6 is 0 Å². The number of amides is 2. The van der Waals surface area contributed by atoms with Crippen LogP contribution in [0.15, 0.2) is 42.5 Å². The molecule has 2 aromatic rings. The molecule has 1 unspecified atom stereocenters. The van der Waals surface area contributed by atoms with Gasteiger partial charge in [-0.3, -0.25) is 14.5 Å². The summed E-state index contributed by atoms with van der Waals surface area (Å²) in [5.74, 6) is 0.0370. The second-order valence-electron chi connectivity index (χ2n) is 8.16. The number of benzene rings is 2. The topological polar surface area (TPSA) is 71.1 Å². The van der Waals surface area contributed by atoms with Gasteiger partial charge in [0, 0.05) is 38.3 Å². The predicted molar refractivity (Wildman–Crippen MR) is 119 cm³/mol. The van der Waals surface area contributed by atoms with Crippen LogP contribution in [0.5, 0.6) is 5.75 Å². The summed E-state index contributed by atoms with van der Waals surface area (Å²) >= 11 is 0. The van der Waals surface area contributed by atoms with E-state index in [4.69, 9.17) is 9.47 Å². The average Bonchev–Trinajstić information content (AvgIpc) is 3.17. The van der Waals surface area contributed by atoms with E-state index in [1.807, 2.05) is 49.4 Å². The molecule has 2 aromatic carbocycles. The van der Waals surface area contributed by atoms with Gasteiger partial charge >= 0.3 is 0 Å². The van der Waals surface area contributed by atoms with Crippen LogP contribution in [0.4, 0.5) is 11.4 Å². The molecule has 1 N–H and O–H groups in total. The van der Waals surface area contributed by atoms with Crippen LogP contribution in [0, 0.1) is 12.8 Å². The molecule has 4 rings (SSSR count). The molecule has 7 nitrogen and oxygen atoms in total. The van der Waals surface area contributed by atoms with Crippen molar-refractivity contribution in [2.75, 3.05) is 50.2 Å². The minimum absolute atomic E-state index is 0.0649. The van der Waals surface area contributed by atoms with Crippen LogP contribution in [0.1, 0.15) is 17.5 Å². The van der Waals surface area contributed by atoms with Crippen LogP contribution in [0.3, 0.4) is 0 Å². The van der Waals surface area contributed by atoms with E-state index < -0.39 is 5.92 Å². The molecular weight excluding hydrogens is 394 g/mol. The van der Waals surface area contributed by atoms with Crippen molar-refractivity contribution in [3.05, 3.63) is 53.6 Å². The van der Waals surface area contributed by atoms with E-state index in [1.165, 1.54) is 5.56 Å². The van der Waals surface area contributed by atoms with Crippen molar-refractivity contribution in [2.45, 2.75) is 19.9 Å². The fourth-order valence-electron chi connectivity index (χ4n) is 4.08. The van der Waals surface area contributed by atoms with Crippen LogP contribution in [-0.4, -0.2) is 56.7 Å². The van der Waals surface area contributed by atoms with Gasteiger partial charge in [0.2, 0.25) is 11.8 Å². The van der Waals surface area contributed by atoms with Gasteiger partial charge in [-0.1, -0.05) is 18.2 Å². The molecule has 0 saturated carbocycles. The van der Waals surface area contributed by atoms with E-state index in [-0.39, 0.29) is 18.2 Å². The molecule has 2 heterocycles. The molecule has 2 aliphatic rings. The second-order valence-corrected chi connectivity index (χ2v) is 8.16. The number of nitrogens with zero attached hydrogens (tertiary/aromatic N) is 2. The summed E-state index contributed by atoms with van der Waals surface area (Å²) in [5.41, 5.74) is 3.70. The minimum atomic E-state index is -0.397. The Morgan fingerprint density at radius 3 is 2.61 bits per heavy atom. The predicted octanol–water partition coefficient (Wildman–Crippen LogP) is 2.83. The average molecular weight is 424 g/mol. The highest BCUT2D eigenvalue weighted by molar-refractivity contribution is 6.04. The first kappa shape index (κ1) is 21.3. The first-order valence-corrected chi connectivity index (χ1v) is 10.7. The van der Waals surface area contributed by atoms with Gasteiger partial charge in [-0.25, -0.2) is 0 Å². The van der Waals surface area contributed by atoms with Crippen LogP contribution in [0.2, 0.25) is 0 Å². The first-order valence-electron chi connectivity index (χ1n) is 10.7. The quantitative estimate of drug-likeness (QED) is 0.774. The third kappa shape index (κ3) is 5.06. The van der Waals surface area contributed by atoms with Crippen molar-refractivity contribution in [3.63, 3.8) is 0 Å². The van der Waals surface area contributed by atoms with Crippen molar-refractivity contribution in [1.82, 2.24) is 4.90 Å². The summed E-state index contributed by atoms with van der Waals surface area (Å²) in [7, 11) is 1.58. The lowest BCUT2D eigenvalue weighted by atomic mass is 10.1. The zero-order chi connectivity index (χ0) is 21.8. The van der Waals surface area contributed by atoms with Crippen LogP contribution < -0.4 is 15.0 Å². The van der Waals surface area contributed by atoms with E-state index in [0.29, 0.717) is 12.3 Å². The highest BCUT2D eigenvalue weighted by atomic mass is 16.5. The number of nitrogens with one attached hydrogen (secondary N) is 1. The number of anilines is 2. The van der Waals surface area contributed by atoms with Gasteiger partial charge in [-0.05, 0) is 42.3 Å². The highest BCUT2D eigenvalue weighted by Gasteiger charge is 2.36. The molecule has 2 fully saturated rings. The summed E-state index contributed by atoms with van der Waals surface area (Å²) < 4.78 is 10.8. The van der Waals surface area contributed by atoms with E-state index in [1.54, 1.807) is 12.0 Å². The maximum Gasteiger partial charge on any atom is 0.229 e. The number of rotatable bonds is 6. The smallest absolute Gasteiger partial charge is 0.229 e. The Labute approximate surface area is 182 Å². The third-order valence-corrected chi connectivity index (χ3v) is 5.85. The zero-order valence-corrected chi connectivity index (χ0v) is 18.1. The molecule has 2 aliphatic heterocycles. The molecule has 0 spiro atoms. The summed E-state index contributed by atoms with van der Waals surface area (Å²) in [6, 6.07) is 13.6. The van der Waals surface area contributed by atoms with Gasteiger partial charge in [0.05, 0.1) is 31.9 Å². The number of carbonyl (C=O) groups is 2. The summed E-state index contributed by atoms with van der Waals surface area (Å²) in [4.78, 5) is 29.5. The van der Waals surface area contributed by atoms with Crippen molar-refractivity contribution in [1.29, 1.82) is 0 Å². The van der Waals surface area contributed by atoms with Crippen molar-refractivity contribution in [2.24, 2.45) is 5.92 Å². The Kier molecular flexibility index (Phi) is 6.53. The van der Waals surface area contributed by atoms with E-state index >= 15 is 0 Å². The Balaban J connectivity index is 1.37. The zero-order valence-electron chi connectivity index (χ0n) is 18.1. The van der Waals surface area contributed by atoms with Crippen molar-refractivity contribution < 1.29 is 19.1 Å². The van der Waals surface area contributed by atoms with E-state index in [2.05, 4.69) is 10.2 Å². The van der Waals surface area contributed by atoms with Crippen molar-refractivity contribution >= 4 is 23.2 Å². The molecule has 2 saturated heterocycles. The fourth-order valence-corrected chi connectivity index (χ4v) is 4.08. The Morgan fingerprint density at radius 2 is 1.90 bits per heavy atom. The summed E-state index contributed by atoms with van der Waals surface area (Å²) in [5, 5.41) is 2.96. The van der Waals surface area contributed by atoms with Crippen LogP contribution in [0.25, 0.3) is 0 Å². The lowest BCUT2D eigenvalue weighted by Crippen LogP contribution is -2.35. The first-order chi connectivity index (χ1) is 15.0. The second kappa shape index (κ2) is 9.49. The minimum Gasteiger partial charge on any atom is -0.495 e. The van der Waals surface area contributed by atoms with Gasteiger partial charge in [-0.2, -0.15) is 0 Å². The monoisotopic (exact) mass is 423 g/mol. The number of hydrogen-bond acceptors (Lipinski definition) is 5. The molecule has 164 valence electrons. The number of carbonyl (C=O) groups excluding carboxylic acids is 2. The number of morpholine rings is 1. The molecule has 31 heavy (non-hydrogen) atoms. The molecule has 7 heteroatoms. The standard InChI is InChI=1S/C24H29N3O4/c1-17-3-8-22(30-2)21(13-17)27-16-19(14-23(27)28)24(29)25-20-6-4-18(5-7-20)15-26-9-11-31-12-10-26/h3-8,13,19H,9-12,14-16H2,1-2H3,(H,25,29). The van der Waals surface area contributed by atoms with E-state index in [0.717, 1.165) is 49.8 Å². The van der Waals surface area contributed by atoms with Gasteiger partial charge < -0.3 is 19.7 Å². The molecule has 2 amide bonds. The summed E-state index contributed by atoms with van der Waals surface area (Å²) in [6.45, 7) is 6.63.